The van der Waals surface area contributed by atoms with E-state index in [9.17, 15) is 0 Å². The second-order valence-electron chi connectivity index (χ2n) is 19.8. The number of allylic oxidation sites excluding steroid dienone is 3. The molecule has 0 radical (unpaired) electrons. The molecule has 2 atom stereocenters. The van der Waals surface area contributed by atoms with Gasteiger partial charge in [-0.2, -0.15) is 0 Å². The molecular weight excluding hydrogens is 615 g/mol. The largest absolute Gasteiger partial charge is 0.312 e. The molecule has 0 amide bonds. The molecule has 0 spiro atoms. The zero-order chi connectivity index (χ0) is 37.0. The minimum atomic E-state index is 0.0293. The maximum absolute atomic E-state index is 2.68. The lowest BCUT2D eigenvalue weighted by atomic mass is 9.31. The average Bonchev–Trinajstić information content (AvgIpc) is 3.03. The molecule has 1 aliphatic carbocycles. The molecule has 0 N–H and O–H groups in total. The van der Waals surface area contributed by atoms with Gasteiger partial charge in [0.15, 0.2) is 0 Å². The highest BCUT2D eigenvalue weighted by Gasteiger charge is 2.48. The summed E-state index contributed by atoms with van der Waals surface area (Å²) in [5.74, 6) is 0.834. The molecule has 7 rings (SSSR count). The number of aryl methyl sites for hydroxylation is 1. The smallest absolute Gasteiger partial charge is 0.251 e. The third-order valence-electron chi connectivity index (χ3n) is 11.8. The van der Waals surface area contributed by atoms with Crippen molar-refractivity contribution in [1.29, 1.82) is 0 Å². The quantitative estimate of drug-likeness (QED) is 0.195. The van der Waals surface area contributed by atoms with Gasteiger partial charge in [0, 0.05) is 34.1 Å². The molecule has 0 bridgehead atoms. The topological polar surface area (TPSA) is 6.48 Å². The van der Waals surface area contributed by atoms with E-state index in [1.54, 1.807) is 0 Å². The molecule has 264 valence electrons. The fourth-order valence-electron chi connectivity index (χ4n) is 8.80. The van der Waals surface area contributed by atoms with Crippen LogP contribution in [0.5, 0.6) is 0 Å². The Hall–Kier alpha value is -3.98. The van der Waals surface area contributed by atoms with Gasteiger partial charge in [0.05, 0.1) is 0 Å². The molecule has 51 heavy (non-hydrogen) atoms. The van der Waals surface area contributed by atoms with E-state index in [1.165, 1.54) is 72.8 Å². The van der Waals surface area contributed by atoms with Gasteiger partial charge >= 0.3 is 0 Å². The lowest BCUT2D eigenvalue weighted by Gasteiger charge is -2.49. The number of hydrogen-bond acceptors (Lipinski definition) is 2. The molecule has 4 aromatic carbocycles. The van der Waals surface area contributed by atoms with E-state index in [0.717, 1.165) is 0 Å². The number of benzene rings is 4. The van der Waals surface area contributed by atoms with Crippen LogP contribution in [0.15, 0.2) is 102 Å². The lowest BCUT2D eigenvalue weighted by Crippen LogP contribution is -2.58. The summed E-state index contributed by atoms with van der Waals surface area (Å²) < 4.78 is 0. The van der Waals surface area contributed by atoms with Crippen molar-refractivity contribution >= 4 is 46.1 Å². The van der Waals surface area contributed by atoms with Crippen LogP contribution in [0.4, 0.5) is 28.4 Å². The van der Waals surface area contributed by atoms with Crippen molar-refractivity contribution in [2.75, 3.05) is 9.80 Å². The standard InChI is InChI=1S/C48H59BN2/c1-30-15-25-41-43-44(30)51(36-23-18-33(19-24-36)46(6,7)8)42-27-31(2)37(48(12,13)14)29-39(42)49(43)38-28-34(47(9,10)11)20-26-40(38)50(41)35-21-16-32(17-22-35)45(3,4)5/h15-29,31,37H,1-14H3. The Labute approximate surface area is 309 Å². The highest BCUT2D eigenvalue weighted by Crippen LogP contribution is 2.51. The summed E-state index contributed by atoms with van der Waals surface area (Å²) in [6.07, 6.45) is 5.28. The normalized spacial score (nSPS) is 18.9. The second-order valence-corrected chi connectivity index (χ2v) is 19.8. The number of rotatable bonds is 2. The molecular formula is C48H59BN2. The summed E-state index contributed by atoms with van der Waals surface area (Å²) in [6.45, 7) is 32.9. The Morgan fingerprint density at radius 3 is 1.55 bits per heavy atom. The van der Waals surface area contributed by atoms with Gasteiger partial charge < -0.3 is 9.80 Å². The minimum absolute atomic E-state index is 0.0293. The molecule has 2 unspecified atom stereocenters. The number of nitrogens with zero attached hydrogens (tertiary/aromatic N) is 2. The van der Waals surface area contributed by atoms with Crippen molar-refractivity contribution in [1.82, 2.24) is 0 Å². The fraction of sp³-hybridized carbons (Fsp3) is 0.417. The van der Waals surface area contributed by atoms with Crippen LogP contribution in [0, 0.1) is 24.2 Å². The van der Waals surface area contributed by atoms with Crippen molar-refractivity contribution in [2.24, 2.45) is 17.3 Å². The SMILES string of the molecule is Cc1ccc2c3c1N(c1ccc(C(C)(C)C)cc1)C1=CC(C)C(C(C)(C)C)C=C1B3c1cc(C(C)(C)C)ccc1N2c1ccc(C(C)(C)C)cc1. The first-order chi connectivity index (χ1) is 23.7. The molecule has 0 fully saturated rings. The van der Waals surface area contributed by atoms with Crippen LogP contribution in [0.2, 0.25) is 0 Å². The van der Waals surface area contributed by atoms with E-state index in [-0.39, 0.29) is 28.4 Å². The van der Waals surface area contributed by atoms with Crippen molar-refractivity contribution < 1.29 is 0 Å². The van der Waals surface area contributed by atoms with Crippen LogP contribution in [0.3, 0.4) is 0 Å². The summed E-state index contributed by atoms with van der Waals surface area (Å²) in [7, 11) is 0. The van der Waals surface area contributed by atoms with E-state index in [0.29, 0.717) is 11.8 Å². The third kappa shape index (κ3) is 5.99. The summed E-state index contributed by atoms with van der Waals surface area (Å²) in [5.41, 5.74) is 17.7. The van der Waals surface area contributed by atoms with Gasteiger partial charge in [-0.05, 0) is 115 Å². The molecule has 0 saturated heterocycles. The van der Waals surface area contributed by atoms with Gasteiger partial charge in [-0.15, -0.1) is 0 Å². The molecule has 3 heteroatoms. The maximum atomic E-state index is 2.68. The summed E-state index contributed by atoms with van der Waals surface area (Å²) >= 11 is 0. The first kappa shape index (κ1) is 35.4. The molecule has 2 aliphatic heterocycles. The van der Waals surface area contributed by atoms with Crippen molar-refractivity contribution in [2.45, 2.75) is 113 Å². The minimum Gasteiger partial charge on any atom is -0.312 e. The van der Waals surface area contributed by atoms with Crippen LogP contribution >= 0.6 is 0 Å². The van der Waals surface area contributed by atoms with Crippen LogP contribution < -0.4 is 20.7 Å². The van der Waals surface area contributed by atoms with E-state index in [2.05, 4.69) is 198 Å². The fourth-order valence-corrected chi connectivity index (χ4v) is 8.80. The highest BCUT2D eigenvalue weighted by atomic mass is 15.2. The van der Waals surface area contributed by atoms with E-state index < -0.39 is 0 Å². The number of fused-ring (bicyclic) bond motifs is 4. The van der Waals surface area contributed by atoms with Gasteiger partial charge in [-0.1, -0.05) is 145 Å². The Bertz CT molecular complexity index is 2050. The molecule has 2 nitrogen and oxygen atoms in total. The molecule has 2 heterocycles. The van der Waals surface area contributed by atoms with Crippen LogP contribution in [0.25, 0.3) is 0 Å². The summed E-state index contributed by atoms with van der Waals surface area (Å²) in [4.78, 5) is 5.16. The highest BCUT2D eigenvalue weighted by molar-refractivity contribution is 6.96. The van der Waals surface area contributed by atoms with E-state index in [4.69, 9.17) is 0 Å². The lowest BCUT2D eigenvalue weighted by molar-refractivity contribution is 0.243. The zero-order valence-corrected chi connectivity index (χ0v) is 33.8. The zero-order valence-electron chi connectivity index (χ0n) is 33.8. The molecule has 4 aromatic rings. The summed E-state index contributed by atoms with van der Waals surface area (Å²) in [5, 5.41) is 0. The Balaban J connectivity index is 1.57. The summed E-state index contributed by atoms with van der Waals surface area (Å²) in [6, 6.07) is 30.8. The van der Waals surface area contributed by atoms with Crippen molar-refractivity contribution in [3.05, 3.63) is 124 Å². The predicted octanol–water partition coefficient (Wildman–Crippen LogP) is 12.1. The second kappa shape index (κ2) is 11.8. The van der Waals surface area contributed by atoms with E-state index in [1.807, 2.05) is 0 Å². The van der Waals surface area contributed by atoms with Gasteiger partial charge in [0.25, 0.3) is 6.71 Å². The number of hydrogen-bond donors (Lipinski definition) is 0. The van der Waals surface area contributed by atoms with Gasteiger partial charge in [-0.25, -0.2) is 0 Å². The van der Waals surface area contributed by atoms with Crippen LogP contribution in [-0.2, 0) is 16.2 Å². The monoisotopic (exact) mass is 674 g/mol. The van der Waals surface area contributed by atoms with Gasteiger partial charge in [0.2, 0.25) is 0 Å². The molecule has 0 saturated carbocycles. The van der Waals surface area contributed by atoms with Gasteiger partial charge in [0.1, 0.15) is 0 Å². The van der Waals surface area contributed by atoms with Crippen molar-refractivity contribution in [3.63, 3.8) is 0 Å². The Kier molecular flexibility index (Phi) is 8.18. The third-order valence-corrected chi connectivity index (χ3v) is 11.8. The van der Waals surface area contributed by atoms with Crippen LogP contribution in [0.1, 0.15) is 112 Å². The Morgan fingerprint density at radius 2 is 1.04 bits per heavy atom. The Morgan fingerprint density at radius 1 is 0.549 bits per heavy atom. The maximum Gasteiger partial charge on any atom is 0.251 e. The number of anilines is 5. The first-order valence-corrected chi connectivity index (χ1v) is 19.2. The predicted molar refractivity (Wildman–Crippen MR) is 224 cm³/mol. The molecule has 3 aliphatic rings. The average molecular weight is 675 g/mol. The first-order valence-electron chi connectivity index (χ1n) is 19.2. The van der Waals surface area contributed by atoms with Crippen LogP contribution in [-0.4, -0.2) is 6.71 Å². The van der Waals surface area contributed by atoms with E-state index >= 15 is 0 Å². The van der Waals surface area contributed by atoms with Gasteiger partial charge in [-0.3, -0.25) is 0 Å². The molecule has 0 aromatic heterocycles. The van der Waals surface area contributed by atoms with Crippen molar-refractivity contribution in [3.8, 4) is 0 Å².